The first-order valence-electron chi connectivity index (χ1n) is 7.64. The van der Waals surface area contributed by atoms with Crippen LogP contribution in [0.15, 0.2) is 24.3 Å². The van der Waals surface area contributed by atoms with Gasteiger partial charge in [-0.05, 0) is 55.5 Å². The average Bonchev–Trinajstić information content (AvgIpc) is 2.43. The second kappa shape index (κ2) is 6.36. The Kier molecular flexibility index (Phi) is 4.77. The summed E-state index contributed by atoms with van der Waals surface area (Å²) in [5.41, 5.74) is 4.94. The van der Waals surface area contributed by atoms with Gasteiger partial charge in [-0.2, -0.15) is 0 Å². The predicted molar refractivity (Wildman–Crippen MR) is 87.2 cm³/mol. The molecule has 0 fully saturated rings. The Morgan fingerprint density at radius 2 is 1.90 bits per heavy atom. The maximum absolute atomic E-state index is 4.66. The Morgan fingerprint density at radius 1 is 1.15 bits per heavy atom. The third-order valence-corrected chi connectivity index (χ3v) is 3.97. The molecule has 2 nitrogen and oxygen atoms in total. The molecule has 0 saturated carbocycles. The molecule has 0 aliphatic heterocycles. The Balaban J connectivity index is 2.42. The fourth-order valence-electron chi connectivity index (χ4n) is 2.39. The summed E-state index contributed by atoms with van der Waals surface area (Å²) >= 11 is 0. The third-order valence-electron chi connectivity index (χ3n) is 3.97. The minimum absolute atomic E-state index is 0.548. The van der Waals surface area contributed by atoms with Gasteiger partial charge in [0, 0.05) is 23.7 Å². The lowest BCUT2D eigenvalue weighted by Crippen LogP contribution is -2.24. The molecular formula is C18H26N2. The van der Waals surface area contributed by atoms with E-state index in [0.717, 1.165) is 24.2 Å². The summed E-state index contributed by atoms with van der Waals surface area (Å²) in [7, 11) is 0. The van der Waals surface area contributed by atoms with E-state index in [9.17, 15) is 0 Å². The minimum atomic E-state index is 0.548. The van der Waals surface area contributed by atoms with Crippen molar-refractivity contribution in [2.75, 3.05) is 0 Å². The van der Waals surface area contributed by atoms with Gasteiger partial charge in [0.2, 0.25) is 0 Å². The number of hydrogen-bond acceptors (Lipinski definition) is 2. The second-order valence-electron chi connectivity index (χ2n) is 6.04. The molecular weight excluding hydrogens is 244 g/mol. The van der Waals surface area contributed by atoms with E-state index in [4.69, 9.17) is 0 Å². The third kappa shape index (κ3) is 3.37. The van der Waals surface area contributed by atoms with Crippen molar-refractivity contribution in [2.45, 2.75) is 59.5 Å². The van der Waals surface area contributed by atoms with Gasteiger partial charge in [-0.25, -0.2) is 0 Å². The molecule has 108 valence electrons. The number of benzene rings is 1. The number of hydrogen-bond donors (Lipinski definition) is 1. The lowest BCUT2D eigenvalue weighted by atomic mass is 9.98. The van der Waals surface area contributed by atoms with Gasteiger partial charge in [-0.1, -0.05) is 26.8 Å². The summed E-state index contributed by atoms with van der Waals surface area (Å²) in [6.45, 7) is 11.9. The molecule has 2 rings (SSSR count). The van der Waals surface area contributed by atoms with E-state index in [1.165, 1.54) is 16.5 Å². The number of rotatable bonds is 5. The van der Waals surface area contributed by atoms with Gasteiger partial charge in [-0.3, -0.25) is 4.98 Å². The van der Waals surface area contributed by atoms with E-state index in [2.05, 4.69) is 69.2 Å². The van der Waals surface area contributed by atoms with E-state index in [-0.39, 0.29) is 0 Å². The van der Waals surface area contributed by atoms with Gasteiger partial charge in [0.1, 0.15) is 0 Å². The molecule has 0 aliphatic rings. The van der Waals surface area contributed by atoms with Gasteiger partial charge < -0.3 is 5.32 Å². The fraction of sp³-hybridized carbons (Fsp3) is 0.500. The predicted octanol–water partition coefficient (Wildman–Crippen LogP) is 4.55. The fourth-order valence-corrected chi connectivity index (χ4v) is 2.39. The van der Waals surface area contributed by atoms with Gasteiger partial charge in [0.15, 0.2) is 0 Å². The zero-order valence-electron chi connectivity index (χ0n) is 13.3. The number of pyridine rings is 1. The highest BCUT2D eigenvalue weighted by Gasteiger charge is 2.08. The number of aryl methyl sites for hydroxylation is 1. The molecule has 0 saturated heterocycles. The minimum Gasteiger partial charge on any atom is -0.310 e. The van der Waals surface area contributed by atoms with Crippen LogP contribution >= 0.6 is 0 Å². The van der Waals surface area contributed by atoms with Crippen LogP contribution in [0.5, 0.6) is 0 Å². The van der Waals surface area contributed by atoms with Crippen molar-refractivity contribution in [3.05, 3.63) is 41.1 Å². The van der Waals surface area contributed by atoms with Crippen LogP contribution in [-0.4, -0.2) is 11.0 Å². The number of nitrogens with one attached hydrogen (secondary N) is 1. The quantitative estimate of drug-likeness (QED) is 0.862. The molecule has 20 heavy (non-hydrogen) atoms. The van der Waals surface area contributed by atoms with Crippen LogP contribution in [0, 0.1) is 6.92 Å². The van der Waals surface area contributed by atoms with Crippen LogP contribution in [0.4, 0.5) is 0 Å². The maximum atomic E-state index is 4.66. The van der Waals surface area contributed by atoms with Crippen LogP contribution < -0.4 is 5.32 Å². The molecule has 1 unspecified atom stereocenters. The Hall–Kier alpha value is -1.41. The van der Waals surface area contributed by atoms with Crippen molar-refractivity contribution in [3.8, 4) is 0 Å². The molecule has 1 aromatic carbocycles. The first kappa shape index (κ1) is 15.0. The summed E-state index contributed by atoms with van der Waals surface area (Å²) in [5, 5.41) is 4.88. The zero-order valence-corrected chi connectivity index (χ0v) is 13.3. The molecule has 0 radical (unpaired) electrons. The zero-order chi connectivity index (χ0) is 14.7. The molecule has 0 spiro atoms. The Morgan fingerprint density at radius 3 is 2.55 bits per heavy atom. The van der Waals surface area contributed by atoms with Gasteiger partial charge in [0.05, 0.1) is 5.52 Å². The van der Waals surface area contributed by atoms with Crippen molar-refractivity contribution < 1.29 is 0 Å². The van der Waals surface area contributed by atoms with E-state index in [0.29, 0.717) is 12.0 Å². The van der Waals surface area contributed by atoms with E-state index in [1.807, 2.05) is 0 Å². The Labute approximate surface area is 122 Å². The summed E-state index contributed by atoms with van der Waals surface area (Å²) in [6.07, 6.45) is 1.15. The van der Waals surface area contributed by atoms with Crippen molar-refractivity contribution >= 4 is 10.9 Å². The van der Waals surface area contributed by atoms with Crippen molar-refractivity contribution in [1.82, 2.24) is 10.3 Å². The lowest BCUT2D eigenvalue weighted by molar-refractivity contribution is 0.535. The van der Waals surface area contributed by atoms with Crippen molar-refractivity contribution in [1.29, 1.82) is 0 Å². The summed E-state index contributed by atoms with van der Waals surface area (Å²) in [6, 6.07) is 9.42. The topological polar surface area (TPSA) is 24.9 Å². The first-order valence-corrected chi connectivity index (χ1v) is 7.64. The van der Waals surface area contributed by atoms with Gasteiger partial charge in [0.25, 0.3) is 0 Å². The van der Waals surface area contributed by atoms with Crippen LogP contribution in [0.1, 0.15) is 56.9 Å². The monoisotopic (exact) mass is 270 g/mol. The average molecular weight is 270 g/mol. The molecule has 1 aromatic heterocycles. The second-order valence-corrected chi connectivity index (χ2v) is 6.04. The largest absolute Gasteiger partial charge is 0.310 e. The molecule has 1 heterocycles. The molecule has 0 aliphatic carbocycles. The highest BCUT2D eigenvalue weighted by Crippen LogP contribution is 2.24. The van der Waals surface area contributed by atoms with Gasteiger partial charge in [-0.15, -0.1) is 0 Å². The highest BCUT2D eigenvalue weighted by atomic mass is 14.9. The molecule has 2 aromatic rings. The molecule has 1 N–H and O–H groups in total. The van der Waals surface area contributed by atoms with E-state index in [1.54, 1.807) is 0 Å². The molecule has 0 amide bonds. The van der Waals surface area contributed by atoms with Crippen LogP contribution in [-0.2, 0) is 6.54 Å². The van der Waals surface area contributed by atoms with Crippen molar-refractivity contribution in [3.63, 3.8) is 0 Å². The standard InChI is InChI=1S/C18H26N2/c1-6-13(4)19-11-16-9-14(5)20-18-8-7-15(12(2)3)10-17(16)18/h7-10,12-13,19H,6,11H2,1-5H3. The lowest BCUT2D eigenvalue weighted by Gasteiger charge is -2.15. The maximum Gasteiger partial charge on any atom is 0.0708 e. The number of fused-ring (bicyclic) bond motifs is 1. The first-order chi connectivity index (χ1) is 9.51. The summed E-state index contributed by atoms with van der Waals surface area (Å²) in [5.74, 6) is 0.552. The van der Waals surface area contributed by atoms with E-state index < -0.39 is 0 Å². The van der Waals surface area contributed by atoms with Crippen LogP contribution in [0.2, 0.25) is 0 Å². The normalized spacial score (nSPS) is 13.1. The van der Waals surface area contributed by atoms with Crippen LogP contribution in [0.25, 0.3) is 10.9 Å². The molecule has 0 bridgehead atoms. The molecule has 2 heteroatoms. The summed E-state index contributed by atoms with van der Waals surface area (Å²) < 4.78 is 0. The van der Waals surface area contributed by atoms with Crippen molar-refractivity contribution in [2.24, 2.45) is 0 Å². The van der Waals surface area contributed by atoms with Crippen LogP contribution in [0.3, 0.4) is 0 Å². The Bertz CT molecular complexity index is 587. The molecule has 1 atom stereocenters. The smallest absolute Gasteiger partial charge is 0.0708 e. The van der Waals surface area contributed by atoms with E-state index >= 15 is 0 Å². The number of aromatic nitrogens is 1. The number of nitrogens with zero attached hydrogens (tertiary/aromatic N) is 1. The SMILES string of the molecule is CCC(C)NCc1cc(C)nc2ccc(C(C)C)cc12. The highest BCUT2D eigenvalue weighted by molar-refractivity contribution is 5.83. The van der Waals surface area contributed by atoms with Gasteiger partial charge >= 0.3 is 0 Å². The summed E-state index contributed by atoms with van der Waals surface area (Å²) in [4.78, 5) is 4.66.